The summed E-state index contributed by atoms with van der Waals surface area (Å²) in [7, 11) is -10.1. The van der Waals surface area contributed by atoms with Crippen LogP contribution in [-0.4, -0.2) is 277 Å². The van der Waals surface area contributed by atoms with Gasteiger partial charge in [-0.3, -0.25) is 67.1 Å². The van der Waals surface area contributed by atoms with Gasteiger partial charge in [0.15, 0.2) is 11.6 Å². The van der Waals surface area contributed by atoms with Crippen LogP contribution >= 0.6 is 0 Å². The van der Waals surface area contributed by atoms with Crippen LogP contribution in [0.25, 0.3) is 0 Å². The van der Waals surface area contributed by atoms with Crippen LogP contribution in [-0.2, 0) is 174 Å². The summed E-state index contributed by atoms with van der Waals surface area (Å²) in [4.78, 5) is 286. The van der Waals surface area contributed by atoms with E-state index in [2.05, 4.69) is 39.5 Å². The second-order valence-corrected chi connectivity index (χ2v) is 30.0. The Morgan fingerprint density at radius 2 is 0.525 bits per heavy atom. The zero-order valence-corrected chi connectivity index (χ0v) is 74.4. The van der Waals surface area contributed by atoms with Gasteiger partial charge in [0.2, 0.25) is 75.8 Å². The molecule has 0 radical (unpaired) electrons. The molecule has 798 valence electrons. The van der Waals surface area contributed by atoms with Gasteiger partial charge in [0.1, 0.15) is 91.6 Å². The van der Waals surface area contributed by atoms with Gasteiger partial charge in [0.05, 0.1) is 78.5 Å². The van der Waals surface area contributed by atoms with E-state index < -0.39 is 240 Å². The molecule has 141 heavy (non-hydrogen) atoms. The molecule has 0 saturated carbocycles. The quantitative estimate of drug-likeness (QED) is 0.00850. The van der Waals surface area contributed by atoms with E-state index in [0.29, 0.717) is 36.2 Å². The van der Waals surface area contributed by atoms with Crippen LogP contribution in [0, 0.1) is 67.2 Å². The summed E-state index contributed by atoms with van der Waals surface area (Å²) in [6, 6.07) is -0.0362. The van der Waals surface area contributed by atoms with E-state index in [1.165, 1.54) is 41.5 Å². The number of ketones is 6. The third kappa shape index (κ3) is 56.4. The Labute approximate surface area is 804 Å². The predicted molar refractivity (Wildman–Crippen MR) is 458 cm³/mol. The maximum Gasteiger partial charge on any atom is 0.352 e. The van der Waals surface area contributed by atoms with E-state index in [1.54, 1.807) is 0 Å². The van der Waals surface area contributed by atoms with Crippen molar-refractivity contribution >= 4 is 162 Å². The lowest BCUT2D eigenvalue weighted by molar-refractivity contribution is -0.198. The Morgan fingerprint density at radius 3 is 0.773 bits per heavy atom. The van der Waals surface area contributed by atoms with Gasteiger partial charge in [0, 0.05) is 111 Å². The number of hydrogen-bond donors (Lipinski definition) is 4. The van der Waals surface area contributed by atoms with E-state index in [0.717, 1.165) is 0 Å². The van der Waals surface area contributed by atoms with Crippen molar-refractivity contribution in [3.8, 4) is 11.5 Å². The highest BCUT2D eigenvalue weighted by Gasteiger charge is 2.47. The first-order valence-corrected chi connectivity index (χ1v) is 41.1. The van der Waals surface area contributed by atoms with Crippen molar-refractivity contribution in [2.24, 2.45) is 0 Å². The van der Waals surface area contributed by atoms with Crippen molar-refractivity contribution in [3.63, 3.8) is 0 Å². The molecule has 4 saturated heterocycles. The first-order chi connectivity index (χ1) is 61.9. The topological polar surface area (TPSA) is 677 Å². The molecular formula is C82H115F9N8O40S2. The summed E-state index contributed by atoms with van der Waals surface area (Å²) in [5.74, 6) is -39.2. The van der Waals surface area contributed by atoms with Crippen LogP contribution in [0.5, 0.6) is 11.5 Å². The number of benzene rings is 2. The van der Waals surface area contributed by atoms with Gasteiger partial charge in [-0.2, -0.15) is 17.6 Å². The summed E-state index contributed by atoms with van der Waals surface area (Å²) < 4.78 is 211. The summed E-state index contributed by atoms with van der Waals surface area (Å²) in [5, 5.41) is 4.90. The highest BCUT2D eigenvalue weighted by Crippen LogP contribution is 2.30. The van der Waals surface area contributed by atoms with Gasteiger partial charge in [-0.05, 0) is 41.5 Å². The molecule has 4 N–H and O–H groups in total. The Morgan fingerprint density at radius 1 is 0.305 bits per heavy atom. The summed E-state index contributed by atoms with van der Waals surface area (Å²) in [6.07, 6.45) is -1.97. The second-order valence-electron chi connectivity index (χ2n) is 26.9. The lowest BCUT2D eigenvalue weighted by Gasteiger charge is -2.15. The fourth-order valence-corrected chi connectivity index (χ4v) is 10.3. The fraction of sp³-hybridized carbons (Fsp3) is 0.537. The number of carbonyl (C=O) groups is 24. The fourth-order valence-electron chi connectivity index (χ4n) is 8.88. The predicted octanol–water partition coefficient (Wildman–Crippen LogP) is 3.32. The lowest BCUT2D eigenvalue weighted by atomic mass is 10.2. The summed E-state index contributed by atoms with van der Waals surface area (Å²) >= 11 is 0. The van der Waals surface area contributed by atoms with Gasteiger partial charge in [0.25, 0.3) is 47.3 Å². The van der Waals surface area contributed by atoms with Crippen LogP contribution in [0.15, 0.2) is 6.07 Å². The number of hydrogen-bond acceptors (Lipinski definition) is 40. The Bertz CT molecular complexity index is 4880. The van der Waals surface area contributed by atoms with Crippen molar-refractivity contribution in [1.29, 1.82) is 0 Å². The largest absolute Gasteiger partial charge is 0.747 e. The second kappa shape index (κ2) is 71.9. The Hall–Kier alpha value is -13.5. The van der Waals surface area contributed by atoms with Crippen molar-refractivity contribution < 1.29 is 228 Å². The monoisotopic (exact) mass is 2090 g/mol. The highest BCUT2D eigenvalue weighted by molar-refractivity contribution is 7.87. The number of Topliss-reactive ketones (excluding diaryl/α,β-unsaturated/α-hetero) is 6. The molecule has 59 heteroatoms. The molecule has 12 amide bonds. The minimum absolute atomic E-state index is 0. The minimum atomic E-state index is -5.05. The zero-order chi connectivity index (χ0) is 101. The molecule has 0 aliphatic carbocycles. The molecule has 4 fully saturated rings. The van der Waals surface area contributed by atoms with Gasteiger partial charge >= 0.3 is 35.8 Å². The molecule has 0 aromatic heterocycles. The highest BCUT2D eigenvalue weighted by atomic mass is 32.2. The van der Waals surface area contributed by atoms with E-state index >= 15 is 0 Å². The smallest absolute Gasteiger partial charge is 0.352 e. The maximum absolute atomic E-state index is 13.2. The average Bonchev–Trinajstić information content (AvgIpc) is 1.78. The Kier molecular flexibility index (Phi) is 72.8. The molecule has 2 aromatic carbocycles. The number of halogens is 9. The standard InChI is InChI=1S/C13H10F5NO4.C13H11F4NO4.C13H19NO10S.C13H19NO7.C11H14N2O9S.C11H14N2O6.6CH4.2CH3/c1-5(20)2-3-6(21)19-4-7(22)23-13-11(17)9(15)8(14)10(16)12(13)18;1-6(19)2-3-9(20)18-5-10(21)22-13-11(16)7(14)4-8(15)12(13)17;1-9(15)2-4-22-6-7-23-5-3-12(17)24-14-11(16)8-10(13(14)18)25(19,20)21;1-10(15)4-6-19-8-9-20-7-5-13(18)21-14-11(16)2-3-12(14)17;1-6(14)2-3-8(15)12-5-10(17)22-13-9(16)4-7(11(13)18)23(19,20)21;1-7(14)2-3-8(15)12-6-11(18)19-13-9(16)4-5-10(13)17;;;;;;;;/h2-4H2,1H3,(H,19,21);4H,2-3,5H2,1H3,(H,18,20);10H,2-8H2,1H3,(H,19,20,21);2-9H2,1H3;7H,2-5H2,1H3,(H,12,15)(H,19,20,21);2-6H2,1H3,(H,12,15);6*1H4;2*1H3/q;;;;;;;;;;;;2*+1/p-2. The van der Waals surface area contributed by atoms with Crippen LogP contribution in [0.1, 0.15) is 202 Å². The number of nitrogens with zero attached hydrogens (tertiary/aromatic N) is 4. The summed E-state index contributed by atoms with van der Waals surface area (Å²) in [6.45, 7) is 6.85. The Balaban J connectivity index is -0.000000248. The first kappa shape index (κ1) is 143. The van der Waals surface area contributed by atoms with Gasteiger partial charge in [-0.25, -0.2) is 67.6 Å². The van der Waals surface area contributed by atoms with Crippen molar-refractivity contribution in [1.82, 2.24) is 41.5 Å². The number of esters is 2. The number of nitrogens with one attached hydrogen (secondary N) is 4. The van der Waals surface area contributed by atoms with Crippen LogP contribution in [0.4, 0.5) is 39.5 Å². The van der Waals surface area contributed by atoms with Crippen LogP contribution in [0.2, 0.25) is 0 Å². The molecule has 2 atom stereocenters. The van der Waals surface area contributed by atoms with E-state index in [1.807, 2.05) is 10.6 Å². The lowest BCUT2D eigenvalue weighted by Crippen LogP contribution is -2.40. The molecule has 0 bridgehead atoms. The average molecular weight is 2090 g/mol. The number of carbonyl (C=O) groups excluding carboxylic acids is 24. The third-order valence-corrected chi connectivity index (χ3v) is 17.8. The molecule has 6 rings (SSSR count). The van der Waals surface area contributed by atoms with Gasteiger partial charge < -0.3 is 97.3 Å². The number of amides is 12. The third-order valence-electron chi connectivity index (χ3n) is 15.7. The van der Waals surface area contributed by atoms with Crippen molar-refractivity contribution in [3.05, 3.63) is 73.3 Å². The molecule has 4 aliphatic rings. The number of hydroxylamine groups is 8. The minimum Gasteiger partial charge on any atom is -0.747 e. The summed E-state index contributed by atoms with van der Waals surface area (Å²) in [5.41, 5.74) is 0. The van der Waals surface area contributed by atoms with E-state index in [4.69, 9.17) is 18.9 Å². The van der Waals surface area contributed by atoms with Crippen LogP contribution < -0.4 is 30.7 Å². The zero-order valence-electron chi connectivity index (χ0n) is 72.8. The number of rotatable bonds is 46. The molecule has 0 spiro atoms. The van der Waals surface area contributed by atoms with Gasteiger partial charge in [-0.1, -0.05) is 44.6 Å². The molecule has 2 unspecified atom stereocenters. The van der Waals surface area contributed by atoms with Crippen molar-refractivity contribution in [2.75, 3.05) is 79.0 Å². The van der Waals surface area contributed by atoms with Gasteiger partial charge in [-0.15, -0.1) is 20.3 Å². The van der Waals surface area contributed by atoms with E-state index in [-0.39, 0.29) is 240 Å². The SMILES string of the molecule is C.C.C.C.C.C.CC(=O)CCC(=O)NCC(=O)ON1C(=O)CC(S(=O)(=O)[O-])C1=O.CC(=O)CCC(=O)NCC(=O)ON1C(=O)CCC1=O.CC(=O)CCC(=O)NCC(=O)Oc1c(F)c(F)c(F)c(F)c1F.CC(=O)CCC(=O)NCC(=O)Oc1c(F)c(F)cc(F)c1F.CC(=O)CCOCCOCCC(=O)ON1C(=O)CC(S(=O)(=O)[O-])C1=O.CC(=O)CCOCCOCCC(=O)ON1C(=O)CCC1=O.[CH3+].[CH3+]. The number of imide groups is 4. The molecule has 2 aromatic rings. The number of ether oxygens (including phenoxy) is 6. The first-order valence-electron chi connectivity index (χ1n) is 38.2. The van der Waals surface area contributed by atoms with E-state index in [9.17, 15) is 181 Å². The molecular weight excluding hydrogens is 1970 g/mol. The normalized spacial score (nSPS) is 13.5. The van der Waals surface area contributed by atoms with Crippen molar-refractivity contribution in [2.45, 2.75) is 212 Å². The molecule has 48 nitrogen and oxygen atoms in total. The maximum atomic E-state index is 13.2. The molecule has 4 aliphatic heterocycles. The van der Waals surface area contributed by atoms with Crippen LogP contribution in [0.3, 0.4) is 0 Å². The molecule has 4 heterocycles.